The molecule has 5 rings (SSSR count). The Kier molecular flexibility index (Phi) is 9.37. The molecule has 12 heteroatoms. The Morgan fingerprint density at radius 1 is 1.11 bits per heavy atom. The van der Waals surface area contributed by atoms with E-state index >= 15 is 0 Å². The molecule has 2 aromatic rings. The first-order valence-electron chi connectivity index (χ1n) is 15.9. The normalized spacial score (nSPS) is 28.0. The molecular formula is C33H43N5O7. The minimum atomic E-state index is -0.992. The Morgan fingerprint density at radius 2 is 1.89 bits per heavy atom. The molecule has 0 unspecified atom stereocenters. The number of carbonyl (C=O) groups excluding carboxylic acids is 3. The fraction of sp³-hybridized carbons (Fsp3) is 0.636. The van der Waals surface area contributed by atoms with E-state index in [4.69, 9.17) is 14.2 Å². The smallest absolute Gasteiger partial charge is 0.408 e. The second kappa shape index (κ2) is 13.1. The SMILES string of the molecule is COC(=O)[C@@H]1C[C@@H]2CN1C(=O)[C@H](C(C)(C)C)NC(=O)O[C@@H]1C[C@H](C)C[C@H]1CCCCCn1c(nc3cc(C#N)ccc3c1=O)O2. The number of rotatable bonds is 1. The van der Waals surface area contributed by atoms with Gasteiger partial charge in [-0.1, -0.05) is 40.5 Å². The van der Waals surface area contributed by atoms with Gasteiger partial charge in [0.05, 0.1) is 36.2 Å². The minimum Gasteiger partial charge on any atom is -0.467 e. The first-order valence-corrected chi connectivity index (χ1v) is 15.9. The van der Waals surface area contributed by atoms with E-state index in [1.807, 2.05) is 20.8 Å². The maximum absolute atomic E-state index is 14.1. The third-order valence-electron chi connectivity index (χ3n) is 9.30. The van der Waals surface area contributed by atoms with Crippen LogP contribution in [-0.2, 0) is 25.6 Å². The van der Waals surface area contributed by atoms with Gasteiger partial charge in [0.25, 0.3) is 11.6 Å². The zero-order chi connectivity index (χ0) is 32.5. The van der Waals surface area contributed by atoms with Gasteiger partial charge in [-0.15, -0.1) is 0 Å². The third-order valence-corrected chi connectivity index (χ3v) is 9.30. The molecule has 2 aliphatic heterocycles. The summed E-state index contributed by atoms with van der Waals surface area (Å²) < 4.78 is 18.8. The van der Waals surface area contributed by atoms with Crippen molar-refractivity contribution in [2.24, 2.45) is 17.3 Å². The lowest BCUT2D eigenvalue weighted by atomic mass is 9.85. The van der Waals surface area contributed by atoms with E-state index < -0.39 is 41.6 Å². The van der Waals surface area contributed by atoms with E-state index in [9.17, 15) is 24.4 Å². The van der Waals surface area contributed by atoms with Crippen LogP contribution >= 0.6 is 0 Å². The van der Waals surface area contributed by atoms with Gasteiger partial charge >= 0.3 is 12.1 Å². The van der Waals surface area contributed by atoms with Gasteiger partial charge in [-0.25, -0.2) is 9.59 Å². The number of benzene rings is 1. The summed E-state index contributed by atoms with van der Waals surface area (Å²) in [5, 5.41) is 12.6. The van der Waals surface area contributed by atoms with Crippen molar-refractivity contribution in [1.29, 1.82) is 5.26 Å². The molecule has 45 heavy (non-hydrogen) atoms. The van der Waals surface area contributed by atoms with Crippen LogP contribution in [0.2, 0.25) is 0 Å². The highest BCUT2D eigenvalue weighted by molar-refractivity contribution is 5.91. The number of methoxy groups -OCH3 is 1. The molecule has 1 aliphatic carbocycles. The monoisotopic (exact) mass is 621 g/mol. The summed E-state index contributed by atoms with van der Waals surface area (Å²) in [7, 11) is 1.26. The highest BCUT2D eigenvalue weighted by Gasteiger charge is 2.47. The van der Waals surface area contributed by atoms with Crippen LogP contribution in [0.4, 0.5) is 4.79 Å². The Morgan fingerprint density at radius 3 is 2.60 bits per heavy atom. The van der Waals surface area contributed by atoms with Gasteiger partial charge in [0.2, 0.25) is 5.91 Å². The number of esters is 1. The number of nitrogens with one attached hydrogen (secondary N) is 1. The molecule has 12 nitrogen and oxygen atoms in total. The predicted molar refractivity (Wildman–Crippen MR) is 164 cm³/mol. The van der Waals surface area contributed by atoms with Gasteiger partial charge in [0.15, 0.2) is 0 Å². The zero-order valence-corrected chi connectivity index (χ0v) is 26.7. The maximum Gasteiger partial charge on any atom is 0.408 e. The molecule has 1 saturated carbocycles. The first-order chi connectivity index (χ1) is 21.4. The van der Waals surface area contributed by atoms with Crippen LogP contribution in [0.5, 0.6) is 6.01 Å². The predicted octanol–water partition coefficient (Wildman–Crippen LogP) is 3.92. The third kappa shape index (κ3) is 6.92. The highest BCUT2D eigenvalue weighted by atomic mass is 16.6. The minimum absolute atomic E-state index is 0.0102. The molecule has 3 aliphatic rings. The maximum atomic E-state index is 14.1. The van der Waals surface area contributed by atoms with Gasteiger partial charge in [-0.2, -0.15) is 10.2 Å². The summed E-state index contributed by atoms with van der Waals surface area (Å²) in [6.45, 7) is 8.05. The molecule has 1 aromatic heterocycles. The average Bonchev–Trinajstić information content (AvgIpc) is 3.57. The van der Waals surface area contributed by atoms with Gasteiger partial charge in [-0.05, 0) is 61.1 Å². The molecule has 2 fully saturated rings. The molecule has 242 valence electrons. The number of nitriles is 1. The summed E-state index contributed by atoms with van der Waals surface area (Å²) >= 11 is 0. The fourth-order valence-corrected chi connectivity index (χ4v) is 6.95. The van der Waals surface area contributed by atoms with Crippen molar-refractivity contribution >= 4 is 28.9 Å². The van der Waals surface area contributed by atoms with Gasteiger partial charge in [-0.3, -0.25) is 14.2 Å². The number of amides is 2. The number of hydrogen-bond donors (Lipinski definition) is 1. The van der Waals surface area contributed by atoms with Crippen molar-refractivity contribution < 1.29 is 28.6 Å². The largest absolute Gasteiger partial charge is 0.467 e. The number of alkyl carbamates (subject to hydrolysis) is 1. The summed E-state index contributed by atoms with van der Waals surface area (Å²) in [5.74, 6) is -0.454. The van der Waals surface area contributed by atoms with E-state index in [2.05, 4.69) is 23.3 Å². The highest BCUT2D eigenvalue weighted by Crippen LogP contribution is 2.37. The quantitative estimate of drug-likeness (QED) is 0.467. The van der Waals surface area contributed by atoms with E-state index in [1.54, 1.807) is 18.2 Å². The van der Waals surface area contributed by atoms with Gasteiger partial charge in [0.1, 0.15) is 24.3 Å². The molecule has 2 bridgehead atoms. The molecule has 3 heterocycles. The van der Waals surface area contributed by atoms with Crippen LogP contribution < -0.4 is 15.6 Å². The Hall–Kier alpha value is -4.14. The van der Waals surface area contributed by atoms with E-state index in [0.717, 1.165) is 32.1 Å². The van der Waals surface area contributed by atoms with Crippen molar-refractivity contribution in [3.05, 3.63) is 34.1 Å². The summed E-state index contributed by atoms with van der Waals surface area (Å²) in [6, 6.07) is 4.93. The lowest BCUT2D eigenvalue weighted by Crippen LogP contribution is -2.57. The lowest BCUT2D eigenvalue weighted by molar-refractivity contribution is -0.152. The molecule has 2 amide bonds. The van der Waals surface area contributed by atoms with Crippen LogP contribution in [-0.4, -0.2) is 70.4 Å². The van der Waals surface area contributed by atoms with Crippen LogP contribution in [0, 0.1) is 28.6 Å². The van der Waals surface area contributed by atoms with Crippen molar-refractivity contribution in [1.82, 2.24) is 19.8 Å². The second-order valence-corrected chi connectivity index (χ2v) is 13.8. The van der Waals surface area contributed by atoms with Crippen LogP contribution in [0.3, 0.4) is 0 Å². The number of aromatic nitrogens is 2. The van der Waals surface area contributed by atoms with Crippen molar-refractivity contribution in [3.63, 3.8) is 0 Å². The summed E-state index contributed by atoms with van der Waals surface area (Å²) in [6.07, 6.45) is 3.56. The summed E-state index contributed by atoms with van der Waals surface area (Å²) in [4.78, 5) is 60.1. The molecule has 1 saturated heterocycles. The van der Waals surface area contributed by atoms with Crippen molar-refractivity contribution in [2.75, 3.05) is 13.7 Å². The van der Waals surface area contributed by atoms with Crippen LogP contribution in [0.15, 0.2) is 23.0 Å². The standard InChI is InChI=1S/C33H43N5O7/c1-19-13-21-9-7-6-8-12-37-28(39)23-11-10-20(17-34)15-24(23)35-31(37)44-22-16-25(30(41)43-5)38(18-22)29(40)27(33(2,3)4)36-32(42)45-26(21)14-19/h10-11,15,19,21-22,25-27H,6-9,12-14,16,18H2,1-5H3,(H,36,42)/t19-,21-,22-,25+,26-,27-/m1/s1. The van der Waals surface area contributed by atoms with Gasteiger partial charge in [0, 0.05) is 13.0 Å². The molecule has 0 spiro atoms. The Balaban J connectivity index is 1.54. The van der Waals surface area contributed by atoms with E-state index in [0.29, 0.717) is 35.3 Å². The Bertz CT molecular complexity index is 1560. The average molecular weight is 622 g/mol. The number of nitrogens with zero attached hydrogens (tertiary/aromatic N) is 4. The molecular weight excluding hydrogens is 578 g/mol. The number of hydrogen-bond acceptors (Lipinski definition) is 9. The lowest BCUT2D eigenvalue weighted by Gasteiger charge is -2.35. The number of fused-ring (bicyclic) bond motifs is 5. The van der Waals surface area contributed by atoms with Crippen LogP contribution in [0.1, 0.15) is 78.2 Å². The number of ether oxygens (including phenoxy) is 3. The van der Waals surface area contributed by atoms with Crippen LogP contribution in [0.25, 0.3) is 10.9 Å². The topological polar surface area (TPSA) is 153 Å². The van der Waals surface area contributed by atoms with Crippen molar-refractivity contribution in [2.45, 2.75) is 103 Å². The molecule has 1 aromatic carbocycles. The van der Waals surface area contributed by atoms with Gasteiger partial charge < -0.3 is 24.4 Å². The first kappa shape index (κ1) is 32.3. The molecule has 1 N–H and O–H groups in total. The zero-order valence-electron chi connectivity index (χ0n) is 26.7. The Labute approximate surface area is 263 Å². The van der Waals surface area contributed by atoms with Crippen molar-refractivity contribution in [3.8, 4) is 12.1 Å². The fourth-order valence-electron chi connectivity index (χ4n) is 6.95. The second-order valence-electron chi connectivity index (χ2n) is 13.8. The van der Waals surface area contributed by atoms with E-state index in [1.165, 1.54) is 16.6 Å². The molecule has 0 radical (unpaired) electrons. The summed E-state index contributed by atoms with van der Waals surface area (Å²) in [5.41, 5.74) is -0.294. The number of carbonyl (C=O) groups is 3. The van der Waals surface area contributed by atoms with E-state index in [-0.39, 0.29) is 36.6 Å². The molecule has 6 atom stereocenters.